The summed E-state index contributed by atoms with van der Waals surface area (Å²) in [6, 6.07) is 16.6. The Morgan fingerprint density at radius 1 is 1.17 bits per heavy atom. The average molecular weight is 425 g/mol. The van der Waals surface area contributed by atoms with Gasteiger partial charge in [-0.3, -0.25) is 9.48 Å². The van der Waals surface area contributed by atoms with Crippen molar-refractivity contribution in [3.05, 3.63) is 83.1 Å². The fourth-order valence-corrected chi connectivity index (χ4v) is 3.82. The number of nitrogens with one attached hydrogen (secondary N) is 1. The molecule has 0 bridgehead atoms. The molecule has 2 aromatic heterocycles. The zero-order valence-corrected chi connectivity index (χ0v) is 16.9. The molecule has 29 heavy (non-hydrogen) atoms. The van der Waals surface area contributed by atoms with E-state index in [-0.39, 0.29) is 5.91 Å². The number of nitrogens with zero attached hydrogens (tertiary/aromatic N) is 3. The molecular formula is C21H17ClN4O2S. The van der Waals surface area contributed by atoms with E-state index in [2.05, 4.69) is 15.4 Å². The second-order valence-corrected chi connectivity index (χ2v) is 7.55. The summed E-state index contributed by atoms with van der Waals surface area (Å²) in [6.07, 6.45) is 5.17. The molecule has 0 radical (unpaired) electrons. The van der Waals surface area contributed by atoms with Crippen LogP contribution in [0.4, 0.5) is 5.69 Å². The van der Waals surface area contributed by atoms with Crippen molar-refractivity contribution in [1.82, 2.24) is 14.8 Å². The summed E-state index contributed by atoms with van der Waals surface area (Å²) in [5, 5.41) is 8.33. The molecule has 0 spiro atoms. The Morgan fingerprint density at radius 3 is 2.90 bits per heavy atom. The van der Waals surface area contributed by atoms with Crippen molar-refractivity contribution < 1.29 is 9.53 Å². The van der Waals surface area contributed by atoms with Gasteiger partial charge in [0.2, 0.25) is 0 Å². The highest BCUT2D eigenvalue weighted by molar-refractivity contribution is 7.17. The van der Waals surface area contributed by atoms with Gasteiger partial charge in [-0.05, 0) is 24.3 Å². The number of hydrogen-bond donors (Lipinski definition) is 1. The lowest BCUT2D eigenvalue weighted by Crippen LogP contribution is -2.11. The van der Waals surface area contributed by atoms with E-state index in [0.29, 0.717) is 39.5 Å². The standard InChI is InChI=1S/C21H17ClN4O2S/c22-18-8-2-1-7-17(18)21-23-14-19(29-21)20(27)25-15-5-3-6-16(13-15)28-12-11-26-10-4-9-24-26/h1-10,13-14H,11-12H2,(H,25,27). The largest absolute Gasteiger partial charge is 0.492 e. The minimum Gasteiger partial charge on any atom is -0.492 e. The first-order valence-electron chi connectivity index (χ1n) is 8.91. The van der Waals surface area contributed by atoms with Crippen LogP contribution in [0.15, 0.2) is 73.2 Å². The topological polar surface area (TPSA) is 69.0 Å². The van der Waals surface area contributed by atoms with Gasteiger partial charge in [-0.1, -0.05) is 35.9 Å². The van der Waals surface area contributed by atoms with Crippen molar-refractivity contribution in [2.45, 2.75) is 6.54 Å². The van der Waals surface area contributed by atoms with E-state index in [1.165, 1.54) is 11.3 Å². The monoisotopic (exact) mass is 424 g/mol. The normalized spacial score (nSPS) is 10.7. The number of halogens is 1. The number of hydrogen-bond acceptors (Lipinski definition) is 5. The van der Waals surface area contributed by atoms with Gasteiger partial charge in [0.1, 0.15) is 22.2 Å². The molecule has 2 aromatic carbocycles. The zero-order valence-electron chi connectivity index (χ0n) is 15.3. The second kappa shape index (κ2) is 8.89. The van der Waals surface area contributed by atoms with Gasteiger partial charge in [0.25, 0.3) is 5.91 Å². The highest BCUT2D eigenvalue weighted by Crippen LogP contribution is 2.31. The van der Waals surface area contributed by atoms with Gasteiger partial charge >= 0.3 is 0 Å². The summed E-state index contributed by atoms with van der Waals surface area (Å²) in [6.45, 7) is 1.13. The molecule has 0 saturated heterocycles. The third-order valence-electron chi connectivity index (χ3n) is 4.07. The van der Waals surface area contributed by atoms with Crippen molar-refractivity contribution in [2.24, 2.45) is 0 Å². The number of carbonyl (C=O) groups is 1. The molecule has 0 unspecified atom stereocenters. The molecule has 6 nitrogen and oxygen atoms in total. The SMILES string of the molecule is O=C(Nc1cccc(OCCn2cccn2)c1)c1cnc(-c2ccccc2Cl)s1. The molecule has 0 atom stereocenters. The van der Waals surface area contributed by atoms with E-state index in [1.807, 2.05) is 48.7 Å². The number of amides is 1. The fourth-order valence-electron chi connectivity index (χ4n) is 2.68. The van der Waals surface area contributed by atoms with Crippen LogP contribution in [0.2, 0.25) is 5.02 Å². The maximum absolute atomic E-state index is 12.6. The first-order valence-corrected chi connectivity index (χ1v) is 10.1. The van der Waals surface area contributed by atoms with Crippen LogP contribution in [0, 0.1) is 0 Å². The minimum absolute atomic E-state index is 0.227. The molecule has 1 amide bonds. The van der Waals surface area contributed by atoms with Gasteiger partial charge in [-0.15, -0.1) is 11.3 Å². The first-order chi connectivity index (χ1) is 14.2. The van der Waals surface area contributed by atoms with Crippen molar-refractivity contribution in [3.8, 4) is 16.3 Å². The van der Waals surface area contributed by atoms with Gasteiger partial charge in [-0.2, -0.15) is 5.10 Å². The van der Waals surface area contributed by atoms with Crippen LogP contribution in [0.1, 0.15) is 9.67 Å². The minimum atomic E-state index is -0.227. The molecule has 0 aliphatic carbocycles. The predicted molar refractivity (Wildman–Crippen MR) is 115 cm³/mol. The Kier molecular flexibility index (Phi) is 5.88. The van der Waals surface area contributed by atoms with Gasteiger partial charge in [0.15, 0.2) is 0 Å². The van der Waals surface area contributed by atoms with E-state index >= 15 is 0 Å². The maximum Gasteiger partial charge on any atom is 0.267 e. The molecule has 2 heterocycles. The van der Waals surface area contributed by atoms with Gasteiger partial charge in [0, 0.05) is 29.7 Å². The number of ether oxygens (including phenoxy) is 1. The summed E-state index contributed by atoms with van der Waals surface area (Å²) in [5.74, 6) is 0.450. The number of benzene rings is 2. The number of thiazole rings is 1. The predicted octanol–water partition coefficient (Wildman–Crippen LogP) is 4.99. The van der Waals surface area contributed by atoms with Gasteiger partial charge in [0.05, 0.1) is 17.8 Å². The molecule has 4 rings (SSSR count). The van der Waals surface area contributed by atoms with E-state index in [1.54, 1.807) is 29.2 Å². The van der Waals surface area contributed by atoms with Crippen molar-refractivity contribution in [3.63, 3.8) is 0 Å². The summed E-state index contributed by atoms with van der Waals surface area (Å²) in [4.78, 5) is 17.4. The Morgan fingerprint density at radius 2 is 2.07 bits per heavy atom. The third-order valence-corrected chi connectivity index (χ3v) is 5.43. The van der Waals surface area contributed by atoms with Crippen molar-refractivity contribution in [1.29, 1.82) is 0 Å². The molecule has 1 N–H and O–H groups in total. The molecule has 0 aliphatic heterocycles. The summed E-state index contributed by atoms with van der Waals surface area (Å²) in [7, 11) is 0. The summed E-state index contributed by atoms with van der Waals surface area (Å²) in [5.41, 5.74) is 1.46. The molecule has 8 heteroatoms. The molecule has 146 valence electrons. The molecule has 4 aromatic rings. The van der Waals surface area contributed by atoms with Crippen LogP contribution in [0.5, 0.6) is 5.75 Å². The summed E-state index contributed by atoms with van der Waals surface area (Å²) < 4.78 is 7.54. The molecule has 0 saturated carbocycles. The van der Waals surface area contributed by atoms with Crippen LogP contribution in [-0.2, 0) is 6.54 Å². The van der Waals surface area contributed by atoms with Crippen LogP contribution < -0.4 is 10.1 Å². The van der Waals surface area contributed by atoms with E-state index < -0.39 is 0 Å². The molecule has 0 fully saturated rings. The Labute approximate surface area is 176 Å². The van der Waals surface area contributed by atoms with Crippen LogP contribution in [0.25, 0.3) is 10.6 Å². The highest BCUT2D eigenvalue weighted by atomic mass is 35.5. The van der Waals surface area contributed by atoms with Crippen molar-refractivity contribution in [2.75, 3.05) is 11.9 Å². The Hall–Kier alpha value is -3.16. The smallest absolute Gasteiger partial charge is 0.267 e. The van der Waals surface area contributed by atoms with Gasteiger partial charge in [-0.25, -0.2) is 4.98 Å². The molecule has 0 aliphatic rings. The quantitative estimate of drug-likeness (QED) is 0.453. The van der Waals surface area contributed by atoms with Crippen LogP contribution >= 0.6 is 22.9 Å². The number of anilines is 1. The zero-order chi connectivity index (χ0) is 20.1. The third kappa shape index (κ3) is 4.82. The fraction of sp³-hybridized carbons (Fsp3) is 0.0952. The lowest BCUT2D eigenvalue weighted by Gasteiger charge is -2.09. The van der Waals surface area contributed by atoms with Gasteiger partial charge < -0.3 is 10.1 Å². The van der Waals surface area contributed by atoms with Crippen molar-refractivity contribution >= 4 is 34.5 Å². The van der Waals surface area contributed by atoms with E-state index in [9.17, 15) is 4.79 Å². The maximum atomic E-state index is 12.6. The lowest BCUT2D eigenvalue weighted by molar-refractivity contribution is 0.103. The number of aromatic nitrogens is 3. The first kappa shape index (κ1) is 19.2. The number of carbonyl (C=O) groups excluding carboxylic acids is 1. The Balaban J connectivity index is 1.39. The lowest BCUT2D eigenvalue weighted by atomic mass is 10.2. The Bertz CT molecular complexity index is 1110. The average Bonchev–Trinajstić information content (AvgIpc) is 3.41. The summed E-state index contributed by atoms with van der Waals surface area (Å²) >= 11 is 7.51. The van der Waals surface area contributed by atoms with E-state index in [4.69, 9.17) is 16.3 Å². The van der Waals surface area contributed by atoms with E-state index in [0.717, 1.165) is 5.56 Å². The second-order valence-electron chi connectivity index (χ2n) is 6.11. The molecular weight excluding hydrogens is 408 g/mol. The highest BCUT2D eigenvalue weighted by Gasteiger charge is 2.14. The van der Waals surface area contributed by atoms with Crippen LogP contribution in [0.3, 0.4) is 0 Å². The van der Waals surface area contributed by atoms with Crippen LogP contribution in [-0.4, -0.2) is 27.3 Å². The number of rotatable bonds is 7.